The third kappa shape index (κ3) is 1.83. The molecule has 1 saturated carbocycles. The van der Waals surface area contributed by atoms with E-state index in [1.807, 2.05) is 0 Å². The van der Waals surface area contributed by atoms with Crippen molar-refractivity contribution in [3.8, 4) is 0 Å². The molecule has 1 saturated heterocycles. The predicted octanol–water partition coefficient (Wildman–Crippen LogP) is 1.94. The fourth-order valence-corrected chi connectivity index (χ4v) is 3.36. The quantitative estimate of drug-likeness (QED) is 0.865. The zero-order valence-electron chi connectivity index (χ0n) is 10.2. The van der Waals surface area contributed by atoms with E-state index in [1.54, 1.807) is 6.20 Å². The third-order valence-corrected chi connectivity index (χ3v) is 4.16. The van der Waals surface area contributed by atoms with Crippen LogP contribution in [0.25, 0.3) is 0 Å². The average molecular weight is 247 g/mol. The lowest BCUT2D eigenvalue weighted by Gasteiger charge is -2.32. The van der Waals surface area contributed by atoms with Gasteiger partial charge in [-0.05, 0) is 25.2 Å². The minimum atomic E-state index is -0.989. The summed E-state index contributed by atoms with van der Waals surface area (Å²) in [7, 11) is 0. The van der Waals surface area contributed by atoms with Gasteiger partial charge in [-0.2, -0.15) is 0 Å². The Kier molecular flexibility index (Phi) is 2.89. The number of rotatable bonds is 2. The van der Waals surface area contributed by atoms with Crippen molar-refractivity contribution in [3.05, 3.63) is 18.1 Å². The molecule has 1 aliphatic heterocycles. The van der Waals surface area contributed by atoms with Gasteiger partial charge in [-0.15, -0.1) is 0 Å². The van der Waals surface area contributed by atoms with Gasteiger partial charge in [0, 0.05) is 25.0 Å². The van der Waals surface area contributed by atoms with Crippen molar-refractivity contribution in [1.29, 1.82) is 0 Å². The molecule has 2 fully saturated rings. The summed E-state index contributed by atoms with van der Waals surface area (Å²) in [5.41, 5.74) is 0.0868. The smallest absolute Gasteiger partial charge is 0.358 e. The van der Waals surface area contributed by atoms with Crippen molar-refractivity contribution in [2.75, 3.05) is 11.4 Å². The number of anilines is 1. The van der Waals surface area contributed by atoms with E-state index in [0.717, 1.165) is 19.4 Å². The normalized spacial score (nSPS) is 27.0. The molecule has 1 aliphatic carbocycles. The van der Waals surface area contributed by atoms with Crippen LogP contribution in [0.4, 0.5) is 5.82 Å². The lowest BCUT2D eigenvalue weighted by atomic mass is 9.85. The lowest BCUT2D eigenvalue weighted by Crippen LogP contribution is -2.36. The summed E-state index contributed by atoms with van der Waals surface area (Å²) < 4.78 is 0. The van der Waals surface area contributed by atoms with Gasteiger partial charge in [-0.25, -0.2) is 14.8 Å². The molecule has 2 aliphatic rings. The maximum absolute atomic E-state index is 11.2. The number of carboxylic acid groups (broad SMARTS) is 1. The molecule has 0 radical (unpaired) electrons. The van der Waals surface area contributed by atoms with Gasteiger partial charge < -0.3 is 10.0 Å². The van der Waals surface area contributed by atoms with Gasteiger partial charge in [0.1, 0.15) is 0 Å². The maximum Gasteiger partial charge on any atom is 0.358 e. The van der Waals surface area contributed by atoms with Crippen LogP contribution in [0.5, 0.6) is 0 Å². The zero-order valence-corrected chi connectivity index (χ0v) is 10.2. The van der Waals surface area contributed by atoms with Crippen molar-refractivity contribution in [3.63, 3.8) is 0 Å². The van der Waals surface area contributed by atoms with Gasteiger partial charge in [0.05, 0.1) is 0 Å². The van der Waals surface area contributed by atoms with Crippen LogP contribution < -0.4 is 4.90 Å². The molecule has 96 valence electrons. The van der Waals surface area contributed by atoms with Crippen molar-refractivity contribution in [2.24, 2.45) is 5.92 Å². The van der Waals surface area contributed by atoms with Crippen LogP contribution in [0.15, 0.2) is 12.4 Å². The maximum atomic E-state index is 11.2. The average Bonchev–Trinajstić information content (AvgIpc) is 2.82. The van der Waals surface area contributed by atoms with Crippen LogP contribution in [0, 0.1) is 5.92 Å². The molecule has 0 aromatic carbocycles. The van der Waals surface area contributed by atoms with E-state index < -0.39 is 5.97 Å². The highest BCUT2D eigenvalue weighted by Crippen LogP contribution is 2.38. The van der Waals surface area contributed by atoms with E-state index in [1.165, 1.54) is 25.5 Å². The molecule has 2 unspecified atom stereocenters. The minimum Gasteiger partial charge on any atom is -0.476 e. The summed E-state index contributed by atoms with van der Waals surface area (Å²) in [5.74, 6) is 0.277. The fraction of sp³-hybridized carbons (Fsp3) is 0.615. The highest BCUT2D eigenvalue weighted by Gasteiger charge is 2.37. The molecule has 3 rings (SSSR count). The van der Waals surface area contributed by atoms with E-state index in [-0.39, 0.29) is 5.69 Å². The second-order valence-electron chi connectivity index (χ2n) is 5.13. The van der Waals surface area contributed by atoms with Crippen molar-refractivity contribution >= 4 is 11.8 Å². The van der Waals surface area contributed by atoms with Crippen LogP contribution in [0.3, 0.4) is 0 Å². The fourth-order valence-electron chi connectivity index (χ4n) is 3.36. The van der Waals surface area contributed by atoms with Gasteiger partial charge >= 0.3 is 5.97 Å². The standard InChI is InChI=1S/C13H17N3O2/c17-13(18)11-12(15-7-6-14-11)16-8-5-9-3-1-2-4-10(9)16/h6-7,9-10H,1-5,8H2,(H,17,18). The molecule has 2 atom stereocenters. The lowest BCUT2D eigenvalue weighted by molar-refractivity contribution is 0.0690. The number of carbonyl (C=O) groups is 1. The Morgan fingerprint density at radius 1 is 1.22 bits per heavy atom. The first-order valence-corrected chi connectivity index (χ1v) is 6.58. The summed E-state index contributed by atoms with van der Waals surface area (Å²) in [6, 6.07) is 0.466. The molecule has 0 amide bonds. The van der Waals surface area contributed by atoms with E-state index >= 15 is 0 Å². The Hall–Kier alpha value is -1.65. The Labute approximate surface area is 106 Å². The van der Waals surface area contributed by atoms with Crippen molar-refractivity contribution in [2.45, 2.75) is 38.1 Å². The first kappa shape index (κ1) is 11.4. The van der Waals surface area contributed by atoms with Crippen LogP contribution in [0.2, 0.25) is 0 Å². The van der Waals surface area contributed by atoms with Crippen LogP contribution in [-0.2, 0) is 0 Å². The van der Waals surface area contributed by atoms with Crippen LogP contribution in [0.1, 0.15) is 42.6 Å². The molecule has 5 nitrogen and oxygen atoms in total. The van der Waals surface area contributed by atoms with Crippen molar-refractivity contribution < 1.29 is 9.90 Å². The van der Waals surface area contributed by atoms with E-state index in [9.17, 15) is 9.90 Å². The Morgan fingerprint density at radius 2 is 2.00 bits per heavy atom. The Balaban J connectivity index is 1.93. The molecule has 18 heavy (non-hydrogen) atoms. The van der Waals surface area contributed by atoms with E-state index in [4.69, 9.17) is 0 Å². The summed E-state index contributed by atoms with van der Waals surface area (Å²) in [4.78, 5) is 21.6. The van der Waals surface area contributed by atoms with Gasteiger partial charge in [0.2, 0.25) is 0 Å². The monoisotopic (exact) mass is 247 g/mol. The second-order valence-corrected chi connectivity index (χ2v) is 5.13. The summed E-state index contributed by atoms with van der Waals surface area (Å²) in [6.07, 6.45) is 9.14. The number of carboxylic acids is 1. The topological polar surface area (TPSA) is 66.3 Å². The van der Waals surface area contributed by atoms with Crippen LogP contribution in [-0.4, -0.2) is 33.6 Å². The molecular weight excluding hydrogens is 230 g/mol. The molecule has 0 bridgehead atoms. The molecule has 1 aromatic rings. The highest BCUT2D eigenvalue weighted by atomic mass is 16.4. The Bertz CT molecular complexity index is 463. The second kappa shape index (κ2) is 4.55. The predicted molar refractivity (Wildman–Crippen MR) is 66.7 cm³/mol. The van der Waals surface area contributed by atoms with Gasteiger partial charge in [0.25, 0.3) is 0 Å². The van der Waals surface area contributed by atoms with Gasteiger partial charge in [0.15, 0.2) is 11.5 Å². The van der Waals surface area contributed by atoms with Crippen LogP contribution >= 0.6 is 0 Å². The number of aromatic carboxylic acids is 1. The number of hydrogen-bond acceptors (Lipinski definition) is 4. The molecule has 1 aromatic heterocycles. The summed E-state index contributed by atoms with van der Waals surface area (Å²) in [5, 5.41) is 9.19. The van der Waals surface area contributed by atoms with Crippen molar-refractivity contribution in [1.82, 2.24) is 9.97 Å². The van der Waals surface area contributed by atoms with Gasteiger partial charge in [-0.3, -0.25) is 0 Å². The molecule has 0 spiro atoms. The molecule has 2 heterocycles. The highest BCUT2D eigenvalue weighted by molar-refractivity contribution is 5.91. The molecule has 5 heteroatoms. The number of fused-ring (bicyclic) bond motifs is 1. The Morgan fingerprint density at radius 3 is 2.83 bits per heavy atom. The van der Waals surface area contributed by atoms with E-state index in [0.29, 0.717) is 17.8 Å². The molecular formula is C13H17N3O2. The number of nitrogens with zero attached hydrogens (tertiary/aromatic N) is 3. The zero-order chi connectivity index (χ0) is 12.5. The third-order valence-electron chi connectivity index (χ3n) is 4.16. The summed E-state index contributed by atoms with van der Waals surface area (Å²) in [6.45, 7) is 0.911. The molecule has 1 N–H and O–H groups in total. The first-order chi connectivity index (χ1) is 8.77. The number of hydrogen-bond donors (Lipinski definition) is 1. The summed E-state index contributed by atoms with van der Waals surface area (Å²) >= 11 is 0. The largest absolute Gasteiger partial charge is 0.476 e. The van der Waals surface area contributed by atoms with E-state index in [2.05, 4.69) is 14.9 Å². The SMILES string of the molecule is O=C(O)c1nccnc1N1CCC2CCCCC21. The number of aromatic nitrogens is 2. The minimum absolute atomic E-state index is 0.0868. The van der Waals surface area contributed by atoms with Gasteiger partial charge in [-0.1, -0.05) is 12.8 Å². The first-order valence-electron chi connectivity index (χ1n) is 6.58.